The van der Waals surface area contributed by atoms with Crippen LogP contribution < -0.4 is 21.2 Å². The molecule has 0 saturated heterocycles. The number of aromatic nitrogens is 1. The van der Waals surface area contributed by atoms with Gasteiger partial charge in [-0.1, -0.05) is 0 Å². The number of hydrogen-bond acceptors (Lipinski definition) is 2. The predicted molar refractivity (Wildman–Crippen MR) is 70.7 cm³/mol. The van der Waals surface area contributed by atoms with Gasteiger partial charge in [-0.15, -0.1) is 0 Å². The van der Waals surface area contributed by atoms with Gasteiger partial charge in [0.25, 0.3) is 0 Å². The van der Waals surface area contributed by atoms with Gasteiger partial charge in [0.15, 0.2) is 0 Å². The van der Waals surface area contributed by atoms with Gasteiger partial charge in [0, 0.05) is 0 Å². The van der Waals surface area contributed by atoms with Crippen molar-refractivity contribution < 1.29 is 21.2 Å². The third-order valence-corrected chi connectivity index (χ3v) is 4.34. The monoisotopic (exact) mass is 359 g/mol. The van der Waals surface area contributed by atoms with Crippen molar-refractivity contribution in [3.05, 3.63) is 62.5 Å². The van der Waals surface area contributed by atoms with Crippen molar-refractivity contribution in [3.63, 3.8) is 0 Å². The van der Waals surface area contributed by atoms with E-state index >= 15 is 0 Å². The average Bonchev–Trinajstić information content (AvgIpc) is 2.44. The normalized spacial score (nSPS) is 9.53. The van der Waals surface area contributed by atoms with Gasteiger partial charge in [0.05, 0.1) is 0 Å². The van der Waals surface area contributed by atoms with Crippen LogP contribution in [0.5, 0.6) is 0 Å². The topological polar surface area (TPSA) is 36.7 Å². The van der Waals surface area contributed by atoms with Crippen molar-refractivity contribution in [1.82, 2.24) is 4.98 Å². The molecule has 0 amide bonds. The molecule has 0 radical (unpaired) electrons. The van der Waals surface area contributed by atoms with Gasteiger partial charge >= 0.3 is 124 Å². The van der Waals surface area contributed by atoms with Crippen LogP contribution in [0.15, 0.2) is 36.4 Å². The number of nitrogens with zero attached hydrogens (tertiary/aromatic N) is 2. The molecule has 0 bridgehead atoms. The van der Waals surface area contributed by atoms with E-state index in [0.29, 0.717) is 5.56 Å². The number of benzene rings is 1. The predicted octanol–water partition coefficient (Wildman–Crippen LogP) is -0.450. The first-order valence-electron chi connectivity index (χ1n) is 5.71. The first kappa shape index (κ1) is 13.6. The second-order valence-electron chi connectivity index (χ2n) is 3.94. The van der Waals surface area contributed by atoms with Crippen molar-refractivity contribution in [1.29, 1.82) is 5.26 Å². The third kappa shape index (κ3) is 3.81. The van der Waals surface area contributed by atoms with Crippen LogP contribution in [-0.4, -0.2) is 9.91 Å². The van der Waals surface area contributed by atoms with Gasteiger partial charge in [0.2, 0.25) is 0 Å². The Morgan fingerprint density at radius 2 is 1.89 bits per heavy atom. The molecule has 0 aliphatic heterocycles. The first-order chi connectivity index (χ1) is 9.21. The van der Waals surface area contributed by atoms with E-state index < -0.39 is 0 Å². The van der Waals surface area contributed by atoms with Crippen LogP contribution in [0.2, 0.25) is 0 Å². The third-order valence-electron chi connectivity index (χ3n) is 2.47. The first-order valence-corrected chi connectivity index (χ1v) is 8.95. The number of aryl methyl sites for hydroxylation is 1. The summed E-state index contributed by atoms with van der Waals surface area (Å²) in [6.07, 6.45) is 0. The fourth-order valence-electron chi connectivity index (χ4n) is 1.58. The quantitative estimate of drug-likeness (QED) is 0.393. The molecular formula is C16H12IN2-. The standard InChI is InChI=1S/C16H12IN2/c1-12-4-3-5-16(19-12)7-6-13-8-14(11-18)10-15(9-13)17-2/h3-5,8-10H,1-2H3/q-1. The van der Waals surface area contributed by atoms with Crippen LogP contribution in [0.4, 0.5) is 0 Å². The molecule has 0 fully saturated rings. The van der Waals surface area contributed by atoms with Gasteiger partial charge in [-0.25, -0.2) is 0 Å². The maximum absolute atomic E-state index is 9.01. The fraction of sp³-hybridized carbons (Fsp3) is 0.125. The minimum absolute atomic E-state index is 0.0367. The van der Waals surface area contributed by atoms with Gasteiger partial charge in [-0.2, -0.15) is 0 Å². The molecule has 0 atom stereocenters. The Kier molecular flexibility index (Phi) is 4.54. The molecule has 0 unspecified atom stereocenters. The summed E-state index contributed by atoms with van der Waals surface area (Å²) in [4.78, 5) is 6.52. The molecule has 0 N–H and O–H groups in total. The zero-order valence-corrected chi connectivity index (χ0v) is 12.9. The SMILES string of the molecule is C[I-]c1cc(C#N)cc(C#Cc2cccc(C)n2)c1. The molecule has 2 aromatic rings. The van der Waals surface area contributed by atoms with Crippen molar-refractivity contribution in [2.75, 3.05) is 4.93 Å². The van der Waals surface area contributed by atoms with E-state index in [1.165, 1.54) is 3.57 Å². The summed E-state index contributed by atoms with van der Waals surface area (Å²) >= 11 is -0.0367. The molecule has 94 valence electrons. The zero-order valence-electron chi connectivity index (χ0n) is 10.7. The molecule has 2 rings (SSSR count). The molecule has 1 aromatic heterocycles. The number of pyridine rings is 1. The molecule has 1 heterocycles. The summed E-state index contributed by atoms with van der Waals surface area (Å²) in [6.45, 7) is 1.95. The second kappa shape index (κ2) is 6.36. The van der Waals surface area contributed by atoms with Crippen molar-refractivity contribution in [2.45, 2.75) is 6.92 Å². The number of halogens is 1. The van der Waals surface area contributed by atoms with Crippen molar-refractivity contribution >= 4 is 0 Å². The molecule has 0 aliphatic carbocycles. The van der Waals surface area contributed by atoms with Crippen LogP contribution in [0, 0.1) is 33.7 Å². The van der Waals surface area contributed by atoms with E-state index in [9.17, 15) is 0 Å². The van der Waals surface area contributed by atoms with E-state index in [2.05, 4.69) is 33.9 Å². The van der Waals surface area contributed by atoms with Crippen LogP contribution >= 0.6 is 0 Å². The molecule has 0 spiro atoms. The molecule has 3 heteroatoms. The Morgan fingerprint density at radius 3 is 2.58 bits per heavy atom. The summed E-state index contributed by atoms with van der Waals surface area (Å²) < 4.78 is 1.24. The van der Waals surface area contributed by atoms with E-state index in [1.54, 1.807) is 0 Å². The van der Waals surface area contributed by atoms with Crippen molar-refractivity contribution in [2.24, 2.45) is 0 Å². The summed E-state index contributed by atoms with van der Waals surface area (Å²) in [5.74, 6) is 6.14. The van der Waals surface area contributed by atoms with Gasteiger partial charge in [-0.3, -0.25) is 0 Å². The second-order valence-corrected chi connectivity index (χ2v) is 6.27. The van der Waals surface area contributed by atoms with Crippen LogP contribution in [0.1, 0.15) is 22.5 Å². The Morgan fingerprint density at radius 1 is 1.11 bits per heavy atom. The Labute approximate surface area is 123 Å². The molecule has 19 heavy (non-hydrogen) atoms. The fourth-order valence-corrected chi connectivity index (χ4v) is 2.88. The van der Waals surface area contributed by atoms with E-state index in [1.807, 2.05) is 37.3 Å². The van der Waals surface area contributed by atoms with Gasteiger partial charge in [0.1, 0.15) is 0 Å². The molecular weight excluding hydrogens is 347 g/mol. The number of alkyl halides is 1. The molecule has 2 nitrogen and oxygen atoms in total. The average molecular weight is 359 g/mol. The van der Waals surface area contributed by atoms with E-state index in [4.69, 9.17) is 5.26 Å². The minimum atomic E-state index is -0.0367. The summed E-state index contributed by atoms with van der Waals surface area (Å²) in [7, 11) is 0. The number of nitriles is 1. The maximum atomic E-state index is 9.01. The Balaban J connectivity index is 2.37. The van der Waals surface area contributed by atoms with Gasteiger partial charge < -0.3 is 0 Å². The Hall–Kier alpha value is -1.85. The summed E-state index contributed by atoms with van der Waals surface area (Å²) in [5.41, 5.74) is 3.28. The van der Waals surface area contributed by atoms with E-state index in [-0.39, 0.29) is 21.2 Å². The van der Waals surface area contributed by atoms with Crippen LogP contribution in [-0.2, 0) is 0 Å². The Bertz CT molecular complexity index is 703. The van der Waals surface area contributed by atoms with Crippen molar-refractivity contribution in [3.8, 4) is 17.9 Å². The summed E-state index contributed by atoms with van der Waals surface area (Å²) in [5, 5.41) is 9.01. The molecule has 1 aromatic carbocycles. The molecule has 0 saturated carbocycles. The van der Waals surface area contributed by atoms with Crippen LogP contribution in [0.3, 0.4) is 0 Å². The van der Waals surface area contributed by atoms with E-state index in [0.717, 1.165) is 17.0 Å². The number of rotatable bonds is 1. The zero-order chi connectivity index (χ0) is 13.7. The molecule has 0 aliphatic rings. The number of hydrogen-bond donors (Lipinski definition) is 0. The summed E-state index contributed by atoms with van der Waals surface area (Å²) in [6, 6.07) is 13.8. The van der Waals surface area contributed by atoms with Gasteiger partial charge in [-0.05, 0) is 0 Å². The van der Waals surface area contributed by atoms with Crippen LogP contribution in [0.25, 0.3) is 0 Å².